The van der Waals surface area contributed by atoms with Crippen LogP contribution in [0.25, 0.3) is 0 Å². The quantitative estimate of drug-likeness (QED) is 0.655. The van der Waals surface area contributed by atoms with E-state index in [2.05, 4.69) is 0 Å². The molecule has 1 aliphatic rings. The van der Waals surface area contributed by atoms with Gasteiger partial charge in [-0.25, -0.2) is 0 Å². The smallest absolute Gasteiger partial charge is 0.115 e. The highest BCUT2D eigenvalue weighted by Gasteiger charge is 2.27. The molecule has 0 aromatic heterocycles. The van der Waals surface area contributed by atoms with Crippen LogP contribution >= 0.6 is 0 Å². The lowest BCUT2D eigenvalue weighted by molar-refractivity contribution is 0.0893. The Morgan fingerprint density at radius 3 is 2.27 bits per heavy atom. The van der Waals surface area contributed by atoms with Crippen molar-refractivity contribution in [3.8, 4) is 5.75 Å². The summed E-state index contributed by atoms with van der Waals surface area (Å²) in [5, 5.41) is 28.5. The Balaban J connectivity index is 2.32. The molecule has 0 saturated carbocycles. The molecular weight excluding hydrogens is 192 g/mol. The number of hydrogen-bond acceptors (Lipinski definition) is 3. The van der Waals surface area contributed by atoms with Crippen LogP contribution in [0.4, 0.5) is 0 Å². The van der Waals surface area contributed by atoms with Gasteiger partial charge in [-0.05, 0) is 35.9 Å². The zero-order valence-electron chi connectivity index (χ0n) is 8.09. The first-order valence-corrected chi connectivity index (χ1v) is 4.70. The van der Waals surface area contributed by atoms with E-state index in [1.165, 1.54) is 18.2 Å². The Bertz CT molecular complexity index is 417. The third-order valence-electron chi connectivity index (χ3n) is 2.52. The van der Waals surface area contributed by atoms with Gasteiger partial charge in [0.25, 0.3) is 0 Å². The van der Waals surface area contributed by atoms with Gasteiger partial charge >= 0.3 is 0 Å². The number of rotatable bonds is 1. The molecule has 2 rings (SSSR count). The molecule has 0 bridgehead atoms. The Morgan fingerprint density at radius 1 is 1.07 bits per heavy atom. The van der Waals surface area contributed by atoms with Crippen LogP contribution in [0.5, 0.6) is 5.75 Å². The monoisotopic (exact) mass is 204 g/mol. The van der Waals surface area contributed by atoms with Crippen molar-refractivity contribution in [1.82, 2.24) is 0 Å². The van der Waals surface area contributed by atoms with E-state index in [1.54, 1.807) is 24.3 Å². The van der Waals surface area contributed by atoms with Gasteiger partial charge in [0, 0.05) is 6.42 Å². The molecule has 1 aromatic rings. The highest BCUT2D eigenvalue weighted by molar-refractivity contribution is 5.36. The van der Waals surface area contributed by atoms with Crippen molar-refractivity contribution in [3.05, 3.63) is 53.8 Å². The van der Waals surface area contributed by atoms with Gasteiger partial charge in [0.05, 0.1) is 0 Å². The van der Waals surface area contributed by atoms with Gasteiger partial charge in [0.15, 0.2) is 0 Å². The van der Waals surface area contributed by atoms with Crippen LogP contribution < -0.4 is 0 Å². The van der Waals surface area contributed by atoms with Crippen molar-refractivity contribution in [1.29, 1.82) is 0 Å². The third kappa shape index (κ3) is 1.87. The van der Waals surface area contributed by atoms with Gasteiger partial charge in [-0.15, -0.1) is 0 Å². The molecule has 0 fully saturated rings. The van der Waals surface area contributed by atoms with E-state index in [9.17, 15) is 5.11 Å². The molecule has 3 nitrogen and oxygen atoms in total. The standard InChI is InChI=1S/C12H12O3/c13-10-3-1-9(2-4-10)12(15)7-5-11(14)6-8-12/h1-7,13-15H,8H2. The molecule has 15 heavy (non-hydrogen) atoms. The first kappa shape index (κ1) is 9.80. The first-order valence-electron chi connectivity index (χ1n) is 4.70. The second-order valence-corrected chi connectivity index (χ2v) is 3.64. The summed E-state index contributed by atoms with van der Waals surface area (Å²) in [6.07, 6.45) is 4.91. The molecule has 1 aliphatic carbocycles. The Hall–Kier alpha value is -1.74. The predicted molar refractivity (Wildman–Crippen MR) is 56.5 cm³/mol. The lowest BCUT2D eigenvalue weighted by Gasteiger charge is -2.26. The fourth-order valence-corrected chi connectivity index (χ4v) is 1.58. The molecule has 3 N–H and O–H groups in total. The van der Waals surface area contributed by atoms with Crippen molar-refractivity contribution in [2.45, 2.75) is 12.0 Å². The summed E-state index contributed by atoms with van der Waals surface area (Å²) in [6, 6.07) is 6.38. The van der Waals surface area contributed by atoms with E-state index >= 15 is 0 Å². The number of aliphatic hydroxyl groups is 2. The highest BCUT2D eigenvalue weighted by atomic mass is 16.3. The van der Waals surface area contributed by atoms with Crippen molar-refractivity contribution in [3.63, 3.8) is 0 Å². The van der Waals surface area contributed by atoms with Crippen molar-refractivity contribution < 1.29 is 15.3 Å². The van der Waals surface area contributed by atoms with Gasteiger partial charge in [0.2, 0.25) is 0 Å². The first-order chi connectivity index (χ1) is 7.10. The minimum Gasteiger partial charge on any atom is -0.508 e. The lowest BCUT2D eigenvalue weighted by atomic mass is 9.87. The van der Waals surface area contributed by atoms with E-state index < -0.39 is 5.60 Å². The number of aliphatic hydroxyl groups excluding tert-OH is 1. The predicted octanol–water partition coefficient (Wildman–Crippen LogP) is 1.98. The molecule has 1 unspecified atom stereocenters. The fraction of sp³-hybridized carbons (Fsp3) is 0.167. The topological polar surface area (TPSA) is 60.7 Å². The SMILES string of the molecule is OC1=CCC(O)(c2ccc(O)cc2)C=C1. The summed E-state index contributed by atoms with van der Waals surface area (Å²) in [5.41, 5.74) is -0.389. The van der Waals surface area contributed by atoms with Crippen molar-refractivity contribution in [2.24, 2.45) is 0 Å². The van der Waals surface area contributed by atoms with Crippen LogP contribution in [0.15, 0.2) is 48.3 Å². The van der Waals surface area contributed by atoms with Crippen molar-refractivity contribution in [2.75, 3.05) is 0 Å². The number of phenols is 1. The maximum atomic E-state index is 10.2. The zero-order valence-corrected chi connectivity index (χ0v) is 8.09. The molecular formula is C12H12O3. The van der Waals surface area contributed by atoms with Gasteiger partial charge in [-0.2, -0.15) is 0 Å². The van der Waals surface area contributed by atoms with Gasteiger partial charge < -0.3 is 15.3 Å². The Morgan fingerprint density at radius 2 is 1.73 bits per heavy atom. The van der Waals surface area contributed by atoms with E-state index in [4.69, 9.17) is 10.2 Å². The fourth-order valence-electron chi connectivity index (χ4n) is 1.58. The summed E-state index contributed by atoms with van der Waals surface area (Å²) < 4.78 is 0. The zero-order chi connectivity index (χ0) is 10.9. The van der Waals surface area contributed by atoms with E-state index in [0.29, 0.717) is 12.0 Å². The Labute approximate surface area is 87.6 Å². The third-order valence-corrected chi connectivity index (χ3v) is 2.52. The average Bonchev–Trinajstić information content (AvgIpc) is 2.24. The summed E-state index contributed by atoms with van der Waals surface area (Å²) in [6.45, 7) is 0. The van der Waals surface area contributed by atoms with Crippen LogP contribution in [0.1, 0.15) is 12.0 Å². The van der Waals surface area contributed by atoms with Crippen LogP contribution in [-0.4, -0.2) is 15.3 Å². The number of benzene rings is 1. The molecule has 1 aromatic carbocycles. The van der Waals surface area contributed by atoms with Gasteiger partial charge in [-0.1, -0.05) is 12.1 Å². The number of phenolic OH excluding ortho intramolecular Hbond substituents is 1. The molecule has 3 heteroatoms. The van der Waals surface area contributed by atoms with Crippen LogP contribution in [0, 0.1) is 0 Å². The van der Waals surface area contributed by atoms with Gasteiger partial charge in [0.1, 0.15) is 17.1 Å². The van der Waals surface area contributed by atoms with E-state index in [1.807, 2.05) is 0 Å². The second kappa shape index (κ2) is 3.44. The summed E-state index contributed by atoms with van der Waals surface area (Å²) in [4.78, 5) is 0. The molecule has 0 radical (unpaired) electrons. The van der Waals surface area contributed by atoms with E-state index in [0.717, 1.165) is 0 Å². The van der Waals surface area contributed by atoms with E-state index in [-0.39, 0.29) is 11.5 Å². The molecule has 0 aliphatic heterocycles. The minimum absolute atomic E-state index is 0.165. The molecule has 1 atom stereocenters. The largest absolute Gasteiger partial charge is 0.508 e. The highest BCUT2D eigenvalue weighted by Crippen LogP contribution is 2.31. The van der Waals surface area contributed by atoms with Crippen LogP contribution in [0.2, 0.25) is 0 Å². The number of aromatic hydroxyl groups is 1. The maximum Gasteiger partial charge on any atom is 0.115 e. The summed E-state index contributed by atoms with van der Waals surface area (Å²) in [5.74, 6) is 0.332. The summed E-state index contributed by atoms with van der Waals surface area (Å²) in [7, 11) is 0. The Kier molecular flexibility index (Phi) is 2.25. The van der Waals surface area contributed by atoms with Crippen molar-refractivity contribution >= 4 is 0 Å². The maximum absolute atomic E-state index is 10.2. The van der Waals surface area contributed by atoms with Gasteiger partial charge in [-0.3, -0.25) is 0 Å². The number of hydrogen-bond donors (Lipinski definition) is 3. The molecule has 0 spiro atoms. The molecule has 0 saturated heterocycles. The molecule has 0 heterocycles. The summed E-state index contributed by atoms with van der Waals surface area (Å²) >= 11 is 0. The molecule has 0 amide bonds. The average molecular weight is 204 g/mol. The normalized spacial score (nSPS) is 25.0. The lowest BCUT2D eigenvalue weighted by Crippen LogP contribution is -2.23. The van der Waals surface area contributed by atoms with Crippen LogP contribution in [-0.2, 0) is 5.60 Å². The second-order valence-electron chi connectivity index (χ2n) is 3.64. The minimum atomic E-state index is -1.08. The molecule has 78 valence electrons. The van der Waals surface area contributed by atoms with Crippen LogP contribution in [0.3, 0.4) is 0 Å². The number of allylic oxidation sites excluding steroid dienone is 1.